The van der Waals surface area contributed by atoms with Crippen LogP contribution in [0.3, 0.4) is 0 Å². The molecule has 1 saturated heterocycles. The highest BCUT2D eigenvalue weighted by molar-refractivity contribution is 5.97. The summed E-state index contributed by atoms with van der Waals surface area (Å²) in [7, 11) is 0. The molecular formula is C22H23N3O4. The number of pyridine rings is 1. The van der Waals surface area contributed by atoms with Crippen LogP contribution in [0.4, 0.5) is 0 Å². The van der Waals surface area contributed by atoms with E-state index in [9.17, 15) is 4.79 Å². The number of Topliss-reactive ketones (excluding diaryl/α,β-unsaturated/α-hetero) is 1. The first-order chi connectivity index (χ1) is 13.9. The Morgan fingerprint density at radius 1 is 1.14 bits per heavy atom. The zero-order valence-corrected chi connectivity index (χ0v) is 16.5. The van der Waals surface area contributed by atoms with Gasteiger partial charge in [0.1, 0.15) is 23.5 Å². The fourth-order valence-corrected chi connectivity index (χ4v) is 4.76. The minimum atomic E-state index is -0.692. The molecule has 0 radical (unpaired) electrons. The first-order valence-corrected chi connectivity index (χ1v) is 9.68. The van der Waals surface area contributed by atoms with Crippen LogP contribution in [0.15, 0.2) is 47.7 Å². The van der Waals surface area contributed by atoms with Gasteiger partial charge < -0.3 is 19.9 Å². The maximum Gasteiger partial charge on any atom is 0.283 e. The molecule has 150 valence electrons. The van der Waals surface area contributed by atoms with Crippen molar-refractivity contribution in [3.8, 4) is 5.75 Å². The SMILES string of the molecule is CC1(C)Oc2ccc(CC(=O)c3ccncc3)cc2C2(COC(N)=N2)C12COC2. The van der Waals surface area contributed by atoms with Gasteiger partial charge in [0.05, 0.1) is 18.6 Å². The lowest BCUT2D eigenvalue weighted by Crippen LogP contribution is -2.71. The summed E-state index contributed by atoms with van der Waals surface area (Å²) in [4.78, 5) is 21.5. The van der Waals surface area contributed by atoms with Crippen molar-refractivity contribution in [2.24, 2.45) is 16.1 Å². The molecule has 0 amide bonds. The van der Waals surface area contributed by atoms with Crippen LogP contribution in [0.5, 0.6) is 5.75 Å². The average molecular weight is 393 g/mol. The maximum atomic E-state index is 12.7. The van der Waals surface area contributed by atoms with Crippen molar-refractivity contribution in [1.29, 1.82) is 0 Å². The molecule has 2 N–H and O–H groups in total. The third-order valence-corrected chi connectivity index (χ3v) is 6.59. The lowest BCUT2D eigenvalue weighted by molar-refractivity contribution is -0.247. The molecule has 7 heteroatoms. The number of rotatable bonds is 3. The van der Waals surface area contributed by atoms with E-state index in [4.69, 9.17) is 24.9 Å². The molecule has 7 nitrogen and oxygen atoms in total. The van der Waals surface area contributed by atoms with Crippen LogP contribution in [-0.2, 0) is 21.4 Å². The molecule has 3 aliphatic rings. The van der Waals surface area contributed by atoms with Crippen LogP contribution in [0.25, 0.3) is 0 Å². The number of nitrogens with zero attached hydrogens (tertiary/aromatic N) is 2. The van der Waals surface area contributed by atoms with Crippen LogP contribution >= 0.6 is 0 Å². The molecule has 3 aliphatic heterocycles. The van der Waals surface area contributed by atoms with Crippen molar-refractivity contribution in [1.82, 2.24) is 4.98 Å². The quantitative estimate of drug-likeness (QED) is 0.804. The molecule has 5 rings (SSSR count). The Kier molecular flexibility index (Phi) is 3.77. The predicted octanol–water partition coefficient (Wildman–Crippen LogP) is 2.23. The number of nitrogens with two attached hydrogens (primary N) is 1. The van der Waals surface area contributed by atoms with Gasteiger partial charge in [0.15, 0.2) is 5.78 Å². The van der Waals surface area contributed by atoms with Crippen LogP contribution < -0.4 is 10.5 Å². The Hall–Kier alpha value is -2.93. The number of benzene rings is 1. The molecule has 0 aliphatic carbocycles. The molecule has 2 aromatic rings. The second-order valence-electron chi connectivity index (χ2n) is 8.45. The van der Waals surface area contributed by atoms with E-state index >= 15 is 0 Å². The number of ketones is 1. The average Bonchev–Trinajstić information content (AvgIpc) is 3.03. The number of hydrogen-bond donors (Lipinski definition) is 1. The number of carbonyl (C=O) groups is 1. The van der Waals surface area contributed by atoms with E-state index < -0.39 is 11.1 Å². The minimum absolute atomic E-state index is 0.0332. The van der Waals surface area contributed by atoms with Crippen molar-refractivity contribution in [2.75, 3.05) is 19.8 Å². The number of carbonyl (C=O) groups excluding carboxylic acids is 1. The van der Waals surface area contributed by atoms with Gasteiger partial charge in [0.2, 0.25) is 0 Å². The lowest BCUT2D eigenvalue weighted by Gasteiger charge is -2.61. The maximum absolute atomic E-state index is 12.7. The second kappa shape index (κ2) is 6.03. The smallest absolute Gasteiger partial charge is 0.283 e. The van der Waals surface area contributed by atoms with Crippen LogP contribution in [-0.4, -0.2) is 42.2 Å². The van der Waals surface area contributed by atoms with E-state index in [0.29, 0.717) is 25.4 Å². The zero-order chi connectivity index (χ0) is 20.3. The number of fused-ring (bicyclic) bond motifs is 3. The van der Waals surface area contributed by atoms with Gasteiger partial charge in [0.25, 0.3) is 6.02 Å². The molecule has 0 bridgehead atoms. The van der Waals surface area contributed by atoms with Gasteiger partial charge >= 0.3 is 0 Å². The monoisotopic (exact) mass is 393 g/mol. The summed E-state index contributed by atoms with van der Waals surface area (Å²) in [5, 5.41) is 0. The van der Waals surface area contributed by atoms with Gasteiger partial charge in [-0.3, -0.25) is 9.78 Å². The number of aliphatic imine (C=N–C) groups is 1. The summed E-state index contributed by atoms with van der Waals surface area (Å²) < 4.78 is 17.7. The van der Waals surface area contributed by atoms with Crippen molar-refractivity contribution in [3.05, 3.63) is 59.4 Å². The highest BCUT2D eigenvalue weighted by atomic mass is 16.5. The lowest BCUT2D eigenvalue weighted by atomic mass is 9.55. The summed E-state index contributed by atoms with van der Waals surface area (Å²) in [6, 6.07) is 9.49. The molecule has 4 heterocycles. The summed E-state index contributed by atoms with van der Waals surface area (Å²) in [5.41, 5.74) is 6.81. The first kappa shape index (κ1) is 18.1. The Balaban J connectivity index is 1.59. The second-order valence-corrected chi connectivity index (χ2v) is 8.45. The van der Waals surface area contributed by atoms with Crippen LogP contribution in [0.2, 0.25) is 0 Å². The topological polar surface area (TPSA) is 96.0 Å². The molecule has 1 atom stereocenters. The molecule has 0 saturated carbocycles. The zero-order valence-electron chi connectivity index (χ0n) is 16.5. The highest BCUT2D eigenvalue weighted by Gasteiger charge is 2.71. The first-order valence-electron chi connectivity index (χ1n) is 9.68. The largest absolute Gasteiger partial charge is 0.487 e. The Morgan fingerprint density at radius 3 is 2.52 bits per heavy atom. The van der Waals surface area contributed by atoms with Gasteiger partial charge in [0, 0.05) is 29.9 Å². The molecule has 1 aromatic heterocycles. The minimum Gasteiger partial charge on any atom is -0.487 e. The number of hydrogen-bond acceptors (Lipinski definition) is 7. The van der Waals surface area contributed by atoms with E-state index in [1.165, 1.54) is 0 Å². The summed E-state index contributed by atoms with van der Waals surface area (Å²) in [5.74, 6) is 0.778. The molecule has 1 aromatic carbocycles. The normalized spacial score (nSPS) is 25.5. The molecule has 2 spiro atoms. The number of aromatic nitrogens is 1. The van der Waals surface area contributed by atoms with Crippen molar-refractivity contribution >= 4 is 11.8 Å². The third kappa shape index (κ3) is 2.43. The van der Waals surface area contributed by atoms with Gasteiger partial charge in [-0.05, 0) is 43.7 Å². The fraction of sp³-hybridized carbons (Fsp3) is 0.409. The highest BCUT2D eigenvalue weighted by Crippen LogP contribution is 2.62. The van der Waals surface area contributed by atoms with E-state index in [0.717, 1.165) is 16.9 Å². The van der Waals surface area contributed by atoms with Gasteiger partial charge in [-0.1, -0.05) is 6.07 Å². The Labute approximate surface area is 168 Å². The predicted molar refractivity (Wildman–Crippen MR) is 106 cm³/mol. The van der Waals surface area contributed by atoms with E-state index in [2.05, 4.69) is 18.8 Å². The molecule has 1 unspecified atom stereocenters. The Morgan fingerprint density at radius 2 is 1.90 bits per heavy atom. The van der Waals surface area contributed by atoms with Crippen molar-refractivity contribution in [3.63, 3.8) is 0 Å². The Bertz CT molecular complexity index is 1010. The van der Waals surface area contributed by atoms with Crippen molar-refractivity contribution in [2.45, 2.75) is 31.4 Å². The standard InChI is InChI=1S/C22H23N3O4/c1-20(2)21(11-27-12-21)22(13-28-19(23)25-22)16-9-14(3-4-18(16)29-20)10-17(26)15-5-7-24-8-6-15/h3-9H,10-13H2,1-2H3,(H2,23,25). The third-order valence-electron chi connectivity index (χ3n) is 6.59. The van der Waals surface area contributed by atoms with Crippen LogP contribution in [0.1, 0.15) is 35.3 Å². The molecular weight excluding hydrogens is 370 g/mol. The van der Waals surface area contributed by atoms with E-state index in [1.807, 2.05) is 18.2 Å². The van der Waals surface area contributed by atoms with Crippen LogP contribution in [0, 0.1) is 5.41 Å². The van der Waals surface area contributed by atoms with E-state index in [-0.39, 0.29) is 23.6 Å². The number of amidine groups is 1. The summed E-state index contributed by atoms with van der Waals surface area (Å²) >= 11 is 0. The van der Waals surface area contributed by atoms with E-state index in [1.54, 1.807) is 24.5 Å². The molecule has 29 heavy (non-hydrogen) atoms. The summed E-state index contributed by atoms with van der Waals surface area (Å²) in [6.07, 6.45) is 3.53. The fourth-order valence-electron chi connectivity index (χ4n) is 4.76. The molecule has 1 fully saturated rings. The van der Waals surface area contributed by atoms with Gasteiger partial charge in [-0.15, -0.1) is 0 Å². The summed E-state index contributed by atoms with van der Waals surface area (Å²) in [6.45, 7) is 5.49. The number of ether oxygens (including phenoxy) is 3. The van der Waals surface area contributed by atoms with Gasteiger partial charge in [-0.25, -0.2) is 4.99 Å². The van der Waals surface area contributed by atoms with Gasteiger partial charge in [-0.2, -0.15) is 0 Å². The van der Waals surface area contributed by atoms with Crippen molar-refractivity contribution < 1.29 is 19.0 Å².